The maximum Gasteiger partial charge on any atom is 0.408 e. The number of sulfonamides is 1. The smallest absolute Gasteiger partial charge is 0.408 e. The van der Waals surface area contributed by atoms with Crippen molar-refractivity contribution in [3.05, 3.63) is 83.2 Å². The van der Waals surface area contributed by atoms with Gasteiger partial charge in [0.25, 0.3) is 15.9 Å². The van der Waals surface area contributed by atoms with E-state index >= 15 is 0 Å². The van der Waals surface area contributed by atoms with Gasteiger partial charge in [0.2, 0.25) is 17.7 Å². The average molecular weight is 861 g/mol. The molecule has 4 amide bonds. The van der Waals surface area contributed by atoms with Crippen LogP contribution in [0.2, 0.25) is 5.02 Å². The van der Waals surface area contributed by atoms with Crippen molar-refractivity contribution in [3.63, 3.8) is 0 Å². The normalized spacial score (nSPS) is 25.8. The van der Waals surface area contributed by atoms with Crippen LogP contribution in [0.1, 0.15) is 70.6 Å². The zero-order valence-electron chi connectivity index (χ0n) is 32.2. The van der Waals surface area contributed by atoms with E-state index in [-0.39, 0.29) is 36.3 Å². The third-order valence-corrected chi connectivity index (χ3v) is 13.9. The molecule has 2 aliphatic heterocycles. The molecule has 17 heteroatoms. The number of alkyl carbamates (subject to hydrolysis) is 1. The van der Waals surface area contributed by atoms with Gasteiger partial charge in [-0.05, 0) is 99.2 Å². The molecule has 1 saturated heterocycles. The molecule has 3 N–H and O–H groups in total. The van der Waals surface area contributed by atoms with E-state index in [0.29, 0.717) is 41.0 Å². The summed E-state index contributed by atoms with van der Waals surface area (Å²) in [4.78, 5) is 68.3. The number of fused-ring (bicyclic) bond motifs is 3. The predicted molar refractivity (Wildman–Crippen MR) is 221 cm³/mol. The number of thiophene rings is 1. The van der Waals surface area contributed by atoms with Crippen molar-refractivity contribution in [3.8, 4) is 16.5 Å². The van der Waals surface area contributed by atoms with E-state index in [0.717, 1.165) is 43.4 Å². The molecule has 4 aromatic rings. The molecule has 2 aromatic heterocycles. The van der Waals surface area contributed by atoms with Gasteiger partial charge < -0.3 is 25.0 Å². The van der Waals surface area contributed by atoms with Gasteiger partial charge in [-0.3, -0.25) is 14.4 Å². The van der Waals surface area contributed by atoms with Crippen LogP contribution in [-0.2, 0) is 29.1 Å². The molecule has 310 valence electrons. The molecule has 2 aromatic carbocycles. The Morgan fingerprint density at radius 1 is 0.915 bits per heavy atom. The number of carbonyl (C=O) groups excluding carboxylic acids is 4. The molecule has 2 aliphatic carbocycles. The van der Waals surface area contributed by atoms with Gasteiger partial charge in [-0.1, -0.05) is 54.8 Å². The highest BCUT2D eigenvalue weighted by Gasteiger charge is 2.61. The molecule has 59 heavy (non-hydrogen) atoms. The van der Waals surface area contributed by atoms with Crippen LogP contribution >= 0.6 is 22.9 Å². The van der Waals surface area contributed by atoms with Crippen LogP contribution in [0.25, 0.3) is 21.6 Å². The summed E-state index contributed by atoms with van der Waals surface area (Å²) in [5.41, 5.74) is 0.173. The lowest BCUT2D eigenvalue weighted by atomic mass is 10.0. The first kappa shape index (κ1) is 40.7. The standard InChI is InChI=1S/C42H45ClN6O8S2/c43-27-18-20-30(21-19-27)59(54,55)48-40(52)42-24-26(42)11-4-2-1-3-5-16-33(46-41(53)57-28-12-6-7-13-28)39(51)49-25-29(23-34(49)37(50)47-42)56-38-36(35-17-10-22-58-35)44-31-14-8-9-15-32(31)45-38/h4,8-11,14-15,17-22,26,28-29,33-34H,1-3,5-7,12-13,16,23-25H2,(H,46,53)(H,47,50)(H,48,52)/b11-4+/t26?,29-,33-,34+,42-/m1/s1. The molecular formula is C42H45ClN6O8S2. The minimum atomic E-state index is -4.34. The number of rotatable bonds is 8. The number of carbonyl (C=O) groups is 4. The van der Waals surface area contributed by atoms with Crippen molar-refractivity contribution in [2.45, 2.75) is 105 Å². The Morgan fingerprint density at radius 2 is 1.66 bits per heavy atom. The van der Waals surface area contributed by atoms with Gasteiger partial charge >= 0.3 is 6.09 Å². The van der Waals surface area contributed by atoms with E-state index in [9.17, 15) is 27.6 Å². The van der Waals surface area contributed by atoms with Crippen LogP contribution in [0, 0.1) is 5.92 Å². The van der Waals surface area contributed by atoms with Crippen molar-refractivity contribution in [1.29, 1.82) is 0 Å². The molecule has 8 rings (SSSR count). The molecular weight excluding hydrogens is 816 g/mol. The second kappa shape index (κ2) is 17.3. The fourth-order valence-electron chi connectivity index (χ4n) is 8.18. The number of benzene rings is 2. The highest BCUT2D eigenvalue weighted by Crippen LogP contribution is 2.46. The van der Waals surface area contributed by atoms with E-state index in [1.807, 2.05) is 53.9 Å². The van der Waals surface area contributed by atoms with Crippen molar-refractivity contribution < 1.29 is 37.1 Å². The summed E-state index contributed by atoms with van der Waals surface area (Å²) in [6.07, 6.45) is 8.83. The summed E-state index contributed by atoms with van der Waals surface area (Å²) in [6, 6.07) is 14.4. The minimum absolute atomic E-state index is 0.0104. The first-order chi connectivity index (χ1) is 28.5. The zero-order valence-corrected chi connectivity index (χ0v) is 34.6. The van der Waals surface area contributed by atoms with Crippen LogP contribution in [0.3, 0.4) is 0 Å². The summed E-state index contributed by atoms with van der Waals surface area (Å²) in [5, 5.41) is 7.94. The highest BCUT2D eigenvalue weighted by molar-refractivity contribution is 7.90. The molecule has 5 atom stereocenters. The van der Waals surface area contributed by atoms with Gasteiger partial charge in [-0.2, -0.15) is 0 Å². The van der Waals surface area contributed by atoms with Gasteiger partial charge in [0.05, 0.1) is 27.4 Å². The molecule has 0 radical (unpaired) electrons. The number of allylic oxidation sites excluding steroid dienone is 1. The lowest BCUT2D eigenvalue weighted by molar-refractivity contribution is -0.141. The van der Waals surface area contributed by atoms with Gasteiger partial charge in [0.1, 0.15) is 35.5 Å². The SMILES string of the molecule is O=C(N[C@@H]1CCCCC/C=C/C2C[C@@]2(C(=O)NS(=O)(=O)c2ccc(Cl)cc2)NC(=O)[C@@H]2C[C@@H](Oc3nc4ccccc4nc3-c3cccs3)CN2C1=O)OC1CCCC1. The fourth-order valence-corrected chi connectivity index (χ4v) is 10.1. The van der Waals surface area contributed by atoms with Gasteiger partial charge in [-0.25, -0.2) is 27.9 Å². The van der Waals surface area contributed by atoms with Crippen molar-refractivity contribution in [1.82, 2.24) is 30.2 Å². The molecule has 0 bridgehead atoms. The second-order valence-electron chi connectivity index (χ2n) is 15.6. The number of hydrogen-bond acceptors (Lipinski definition) is 11. The maximum atomic E-state index is 14.7. The lowest BCUT2D eigenvalue weighted by Crippen LogP contribution is -2.58. The van der Waals surface area contributed by atoms with Gasteiger partial charge in [0.15, 0.2) is 0 Å². The van der Waals surface area contributed by atoms with Gasteiger partial charge in [0, 0.05) is 17.4 Å². The number of halogens is 1. The number of aromatic nitrogens is 2. The van der Waals surface area contributed by atoms with E-state index in [4.69, 9.17) is 31.0 Å². The fraction of sp³-hybridized carbons (Fsp3) is 0.429. The summed E-state index contributed by atoms with van der Waals surface area (Å²) in [6.45, 7) is -0.0430. The summed E-state index contributed by atoms with van der Waals surface area (Å²) < 4.78 is 41.2. The van der Waals surface area contributed by atoms with E-state index in [1.165, 1.54) is 40.5 Å². The number of para-hydroxylation sites is 2. The van der Waals surface area contributed by atoms with Crippen LogP contribution in [0.5, 0.6) is 5.88 Å². The van der Waals surface area contributed by atoms with Crippen LogP contribution in [0.4, 0.5) is 4.79 Å². The molecule has 3 fully saturated rings. The molecule has 2 saturated carbocycles. The van der Waals surface area contributed by atoms with Crippen molar-refractivity contribution in [2.75, 3.05) is 6.54 Å². The Hall–Kier alpha value is -5.06. The Labute approximate surface area is 351 Å². The highest BCUT2D eigenvalue weighted by atomic mass is 35.5. The van der Waals surface area contributed by atoms with Crippen molar-refractivity contribution in [2.24, 2.45) is 5.92 Å². The Morgan fingerprint density at radius 3 is 2.41 bits per heavy atom. The minimum Gasteiger partial charge on any atom is -0.471 e. The molecule has 14 nitrogen and oxygen atoms in total. The number of nitrogens with one attached hydrogen (secondary N) is 3. The largest absolute Gasteiger partial charge is 0.471 e. The lowest BCUT2D eigenvalue weighted by Gasteiger charge is -2.30. The second-order valence-corrected chi connectivity index (χ2v) is 18.6. The Bertz CT molecular complexity index is 2360. The predicted octanol–water partition coefficient (Wildman–Crippen LogP) is 6.30. The Kier molecular flexibility index (Phi) is 11.9. The van der Waals surface area contributed by atoms with Crippen molar-refractivity contribution >= 4 is 67.8 Å². The quantitative estimate of drug-likeness (QED) is 0.170. The summed E-state index contributed by atoms with van der Waals surface area (Å²) in [7, 11) is -4.34. The van der Waals surface area contributed by atoms with Crippen LogP contribution in [-0.4, -0.2) is 83.5 Å². The number of nitrogens with zero attached hydrogens (tertiary/aromatic N) is 3. The van der Waals surface area contributed by atoms with E-state index < -0.39 is 63.5 Å². The molecule has 1 unspecified atom stereocenters. The van der Waals surface area contributed by atoms with Gasteiger partial charge in [-0.15, -0.1) is 11.3 Å². The average Bonchev–Trinajstić information content (AvgIpc) is 3.71. The molecule has 0 spiro atoms. The number of hydrogen-bond donors (Lipinski definition) is 3. The number of amides is 4. The van der Waals surface area contributed by atoms with E-state index in [1.54, 1.807) is 0 Å². The Balaban J connectivity index is 1.11. The monoisotopic (exact) mass is 860 g/mol. The maximum absolute atomic E-state index is 14.7. The topological polar surface area (TPSA) is 186 Å². The molecule has 4 aliphatic rings. The van der Waals surface area contributed by atoms with E-state index in [2.05, 4.69) is 15.4 Å². The first-order valence-electron chi connectivity index (χ1n) is 20.1. The summed E-state index contributed by atoms with van der Waals surface area (Å²) >= 11 is 7.45. The third kappa shape index (κ3) is 9.09. The zero-order chi connectivity index (χ0) is 41.1. The number of ether oxygens (including phenoxy) is 2. The van der Waals surface area contributed by atoms with Crippen LogP contribution < -0.4 is 20.1 Å². The van der Waals surface area contributed by atoms with Crippen LogP contribution in [0.15, 0.2) is 83.1 Å². The molecule has 4 heterocycles. The summed E-state index contributed by atoms with van der Waals surface area (Å²) in [5.74, 6) is -2.33. The third-order valence-electron chi connectivity index (χ3n) is 11.4. The first-order valence-corrected chi connectivity index (χ1v) is 22.8.